The third kappa shape index (κ3) is 4.99. The molecule has 0 radical (unpaired) electrons. The van der Waals surface area contributed by atoms with Gasteiger partial charge in [-0.15, -0.1) is 0 Å². The summed E-state index contributed by atoms with van der Waals surface area (Å²) in [7, 11) is 0. The molecule has 5 nitrogen and oxygen atoms in total. The molecule has 2 rings (SSSR count). The summed E-state index contributed by atoms with van der Waals surface area (Å²) >= 11 is 5.24. The van der Waals surface area contributed by atoms with Crippen molar-refractivity contribution in [3.8, 4) is 0 Å². The molecule has 1 aliphatic heterocycles. The van der Waals surface area contributed by atoms with Gasteiger partial charge in [-0.3, -0.25) is 0 Å². The van der Waals surface area contributed by atoms with Crippen LogP contribution in [0, 0.1) is 0 Å². The Morgan fingerprint density at radius 2 is 2.38 bits per heavy atom. The lowest BCUT2D eigenvalue weighted by Gasteiger charge is -2.14. The second-order valence-electron chi connectivity index (χ2n) is 4.77. The number of rotatable bonds is 5. The number of carbonyl (C=O) groups excluding carboxylic acids is 1. The monoisotopic (exact) mass is 308 g/mol. The predicted molar refractivity (Wildman–Crippen MR) is 85.6 cm³/mol. The Hall–Kier alpha value is -1.66. The number of nitrogens with one attached hydrogen (secondary N) is 2. The lowest BCUT2D eigenvalue weighted by molar-refractivity contribution is 0.0526. The molecule has 1 aromatic rings. The van der Waals surface area contributed by atoms with Gasteiger partial charge in [0.15, 0.2) is 5.11 Å². The fourth-order valence-electron chi connectivity index (χ4n) is 2.13. The number of carbonyl (C=O) groups is 1. The first-order valence-electron chi connectivity index (χ1n) is 7.12. The van der Waals surface area contributed by atoms with Crippen LogP contribution in [0.4, 0.5) is 5.69 Å². The van der Waals surface area contributed by atoms with E-state index in [0.717, 1.165) is 25.1 Å². The molecule has 1 aliphatic rings. The average molecular weight is 308 g/mol. The molecule has 0 aromatic heterocycles. The Morgan fingerprint density at radius 1 is 1.52 bits per heavy atom. The molecule has 2 N–H and O–H groups in total. The van der Waals surface area contributed by atoms with Crippen molar-refractivity contribution < 1.29 is 14.3 Å². The van der Waals surface area contributed by atoms with Gasteiger partial charge < -0.3 is 20.1 Å². The van der Waals surface area contributed by atoms with Gasteiger partial charge in [0.05, 0.1) is 18.3 Å². The van der Waals surface area contributed by atoms with Gasteiger partial charge in [-0.1, -0.05) is 6.07 Å². The van der Waals surface area contributed by atoms with E-state index >= 15 is 0 Å². The Bertz CT molecular complexity index is 501. The van der Waals surface area contributed by atoms with Crippen LogP contribution < -0.4 is 10.6 Å². The number of hydrogen-bond donors (Lipinski definition) is 2. The van der Waals surface area contributed by atoms with Crippen molar-refractivity contribution in [3.63, 3.8) is 0 Å². The van der Waals surface area contributed by atoms with E-state index < -0.39 is 0 Å². The number of benzene rings is 1. The smallest absolute Gasteiger partial charge is 0.338 e. The fourth-order valence-corrected chi connectivity index (χ4v) is 2.33. The molecule has 1 heterocycles. The summed E-state index contributed by atoms with van der Waals surface area (Å²) in [5, 5.41) is 6.71. The fraction of sp³-hybridized carbons (Fsp3) is 0.467. The van der Waals surface area contributed by atoms with Gasteiger partial charge in [-0.2, -0.15) is 0 Å². The van der Waals surface area contributed by atoms with E-state index in [1.54, 1.807) is 25.1 Å². The lowest BCUT2D eigenvalue weighted by atomic mass is 10.2. The maximum atomic E-state index is 11.7. The van der Waals surface area contributed by atoms with Gasteiger partial charge in [0, 0.05) is 18.8 Å². The Labute approximate surface area is 130 Å². The normalized spacial score (nSPS) is 17.3. The lowest BCUT2D eigenvalue weighted by Crippen LogP contribution is -2.34. The van der Waals surface area contributed by atoms with Gasteiger partial charge in [0.1, 0.15) is 0 Å². The zero-order valence-corrected chi connectivity index (χ0v) is 12.9. The van der Waals surface area contributed by atoms with E-state index in [0.29, 0.717) is 23.8 Å². The van der Waals surface area contributed by atoms with Gasteiger partial charge in [-0.05, 0) is 50.2 Å². The molecular formula is C15H20N2O3S. The zero-order valence-electron chi connectivity index (χ0n) is 12.1. The van der Waals surface area contributed by atoms with Gasteiger partial charge in [0.2, 0.25) is 0 Å². The molecule has 1 saturated heterocycles. The van der Waals surface area contributed by atoms with Crippen LogP contribution in [0.2, 0.25) is 0 Å². The standard InChI is InChI=1S/C15H20N2O3S/c1-2-19-14(18)11-5-3-6-12(9-11)17-15(21)16-10-13-7-4-8-20-13/h3,5-6,9,13H,2,4,7-8,10H2,1H3,(H2,16,17,21). The van der Waals surface area contributed by atoms with Gasteiger partial charge >= 0.3 is 5.97 Å². The van der Waals surface area contributed by atoms with Crippen LogP contribution in [-0.4, -0.2) is 36.9 Å². The van der Waals surface area contributed by atoms with Crippen LogP contribution >= 0.6 is 12.2 Å². The molecule has 1 aromatic carbocycles. The van der Waals surface area contributed by atoms with E-state index in [4.69, 9.17) is 21.7 Å². The van der Waals surface area contributed by atoms with Crippen LogP contribution in [0.3, 0.4) is 0 Å². The number of ether oxygens (including phenoxy) is 2. The summed E-state index contributed by atoms with van der Waals surface area (Å²) in [6, 6.07) is 7.07. The zero-order chi connectivity index (χ0) is 15.1. The van der Waals surface area contributed by atoms with Crippen molar-refractivity contribution in [3.05, 3.63) is 29.8 Å². The first-order chi connectivity index (χ1) is 10.2. The van der Waals surface area contributed by atoms with Crippen molar-refractivity contribution in [2.24, 2.45) is 0 Å². The first kappa shape index (κ1) is 15.7. The Kier molecular flexibility index (Phi) is 5.95. The van der Waals surface area contributed by atoms with Gasteiger partial charge in [-0.25, -0.2) is 4.79 Å². The van der Waals surface area contributed by atoms with Crippen LogP contribution in [0.25, 0.3) is 0 Å². The third-order valence-corrected chi connectivity index (χ3v) is 3.39. The molecular weight excluding hydrogens is 288 g/mol. The van der Waals surface area contributed by atoms with Crippen LogP contribution in [0.5, 0.6) is 0 Å². The summed E-state index contributed by atoms with van der Waals surface area (Å²) < 4.78 is 10.5. The van der Waals surface area contributed by atoms with E-state index in [1.807, 2.05) is 6.07 Å². The molecule has 1 fully saturated rings. The SMILES string of the molecule is CCOC(=O)c1cccc(NC(=S)NCC2CCCO2)c1. The third-order valence-electron chi connectivity index (χ3n) is 3.15. The molecule has 21 heavy (non-hydrogen) atoms. The summed E-state index contributed by atoms with van der Waals surface area (Å²) in [5.41, 5.74) is 1.26. The Balaban J connectivity index is 1.85. The van der Waals surface area contributed by atoms with Crippen LogP contribution in [0.15, 0.2) is 24.3 Å². The first-order valence-corrected chi connectivity index (χ1v) is 7.53. The van der Waals surface area contributed by atoms with E-state index in [2.05, 4.69) is 10.6 Å². The van der Waals surface area contributed by atoms with Crippen molar-refractivity contribution in [2.75, 3.05) is 25.1 Å². The summed E-state index contributed by atoms with van der Waals surface area (Å²) in [6.45, 7) is 3.67. The number of thiocarbonyl (C=S) groups is 1. The average Bonchev–Trinajstić information content (AvgIpc) is 2.99. The predicted octanol–water partition coefficient (Wildman–Crippen LogP) is 2.33. The highest BCUT2D eigenvalue weighted by atomic mass is 32.1. The van der Waals surface area contributed by atoms with Crippen molar-refractivity contribution >= 4 is 29.0 Å². The molecule has 1 atom stereocenters. The summed E-state index contributed by atoms with van der Waals surface area (Å²) in [5.74, 6) is -0.334. The second-order valence-corrected chi connectivity index (χ2v) is 5.18. The highest BCUT2D eigenvalue weighted by Crippen LogP contribution is 2.13. The van der Waals surface area contributed by atoms with Gasteiger partial charge in [0.25, 0.3) is 0 Å². The van der Waals surface area contributed by atoms with Crippen molar-refractivity contribution in [2.45, 2.75) is 25.9 Å². The maximum Gasteiger partial charge on any atom is 0.338 e. The van der Waals surface area contributed by atoms with E-state index in [1.165, 1.54) is 0 Å². The molecule has 0 amide bonds. The van der Waals surface area contributed by atoms with Crippen molar-refractivity contribution in [1.29, 1.82) is 0 Å². The molecule has 6 heteroatoms. The minimum Gasteiger partial charge on any atom is -0.462 e. The van der Waals surface area contributed by atoms with Crippen LogP contribution in [0.1, 0.15) is 30.1 Å². The number of anilines is 1. The number of hydrogen-bond acceptors (Lipinski definition) is 4. The van der Waals surface area contributed by atoms with E-state index in [9.17, 15) is 4.79 Å². The highest BCUT2D eigenvalue weighted by Gasteiger charge is 2.15. The van der Waals surface area contributed by atoms with Crippen LogP contribution in [-0.2, 0) is 9.47 Å². The summed E-state index contributed by atoms with van der Waals surface area (Å²) in [6.07, 6.45) is 2.40. The molecule has 0 bridgehead atoms. The largest absolute Gasteiger partial charge is 0.462 e. The van der Waals surface area contributed by atoms with Crippen molar-refractivity contribution in [1.82, 2.24) is 5.32 Å². The molecule has 0 spiro atoms. The Morgan fingerprint density at radius 3 is 3.10 bits per heavy atom. The molecule has 114 valence electrons. The highest BCUT2D eigenvalue weighted by molar-refractivity contribution is 7.80. The topological polar surface area (TPSA) is 59.6 Å². The van der Waals surface area contributed by atoms with E-state index in [-0.39, 0.29) is 12.1 Å². The molecule has 0 saturated carbocycles. The minimum atomic E-state index is -0.334. The maximum absolute atomic E-state index is 11.7. The summed E-state index contributed by atoms with van der Waals surface area (Å²) in [4.78, 5) is 11.7. The molecule has 0 aliphatic carbocycles. The number of esters is 1. The molecule has 1 unspecified atom stereocenters. The second kappa shape index (κ2) is 7.95. The minimum absolute atomic E-state index is 0.232. The quantitative estimate of drug-likeness (QED) is 0.643.